The van der Waals surface area contributed by atoms with E-state index in [1.165, 1.54) is 20.8 Å². The lowest BCUT2D eigenvalue weighted by Gasteiger charge is -2.73. The molecule has 0 radical (unpaired) electrons. The Bertz CT molecular complexity index is 1750. The highest BCUT2D eigenvalue weighted by Gasteiger charge is 2.73. The van der Waals surface area contributed by atoms with Gasteiger partial charge in [0.15, 0.2) is 18.7 Å². The van der Waals surface area contributed by atoms with Crippen LogP contribution in [0.25, 0.3) is 0 Å². The maximum Gasteiger partial charge on any atom is 0.309 e. The van der Waals surface area contributed by atoms with Crippen LogP contribution in [0, 0.1) is 74.4 Å². The Kier molecular flexibility index (Phi) is 13.0. The van der Waals surface area contributed by atoms with Gasteiger partial charge in [-0.25, -0.2) is 0 Å². The summed E-state index contributed by atoms with van der Waals surface area (Å²) in [6.45, 7) is 29.1. The lowest BCUT2D eigenvalue weighted by molar-refractivity contribution is -0.354. The van der Waals surface area contributed by atoms with E-state index in [-0.39, 0.29) is 76.5 Å². The van der Waals surface area contributed by atoms with Crippen molar-refractivity contribution in [3.8, 4) is 0 Å². The van der Waals surface area contributed by atoms with Gasteiger partial charge in [-0.2, -0.15) is 0 Å². The normalized spacial score (nSPS) is 49.8. The highest BCUT2D eigenvalue weighted by molar-refractivity contribution is 5.76. The van der Waals surface area contributed by atoms with Crippen LogP contribution in [-0.4, -0.2) is 85.3 Å². The summed E-state index contributed by atoms with van der Waals surface area (Å²) in [7, 11) is 0. The molecule has 0 aromatic rings. The van der Waals surface area contributed by atoms with Crippen molar-refractivity contribution in [1.82, 2.24) is 0 Å². The molecule has 2 saturated heterocycles. The number of aliphatic carboxylic acids is 1. The second-order valence-corrected chi connectivity index (χ2v) is 22.5. The van der Waals surface area contributed by atoms with Gasteiger partial charge < -0.3 is 38.3 Å². The molecule has 0 bridgehead atoms. The molecular formula is C50H78O12. The van der Waals surface area contributed by atoms with Gasteiger partial charge in [-0.1, -0.05) is 60.6 Å². The maximum atomic E-state index is 13.2. The van der Waals surface area contributed by atoms with E-state index in [1.54, 1.807) is 0 Å². The molecule has 7 rings (SSSR count). The Morgan fingerprint density at radius 3 is 2.00 bits per heavy atom. The average molecular weight is 871 g/mol. The van der Waals surface area contributed by atoms with Gasteiger partial charge in [-0.15, -0.1) is 0 Å². The van der Waals surface area contributed by atoms with E-state index in [9.17, 15) is 24.3 Å². The lowest BCUT2D eigenvalue weighted by atomic mass is 9.32. The van der Waals surface area contributed by atoms with Crippen molar-refractivity contribution < 1.29 is 57.4 Å². The summed E-state index contributed by atoms with van der Waals surface area (Å²) < 4.78 is 44.6. The van der Waals surface area contributed by atoms with Crippen LogP contribution in [0.2, 0.25) is 0 Å². The number of allylic oxidation sites excluding steroid dienone is 1. The number of rotatable bonds is 10. The summed E-state index contributed by atoms with van der Waals surface area (Å²) in [6.07, 6.45) is 4.01. The fourth-order valence-corrected chi connectivity index (χ4v) is 15.6. The zero-order valence-corrected chi connectivity index (χ0v) is 39.8. The number of ether oxygens (including phenoxy) is 7. The second-order valence-electron chi connectivity index (χ2n) is 22.5. The zero-order valence-electron chi connectivity index (χ0n) is 39.8. The minimum absolute atomic E-state index is 0.00184. The lowest BCUT2D eigenvalue weighted by Crippen LogP contribution is -2.68. The highest BCUT2D eigenvalue weighted by atomic mass is 16.8. The third-order valence-corrected chi connectivity index (χ3v) is 19.4. The molecule has 2 heterocycles. The first-order chi connectivity index (χ1) is 28.9. The molecule has 0 spiro atoms. The Hall–Kier alpha value is -2.54. The van der Waals surface area contributed by atoms with Crippen molar-refractivity contribution >= 4 is 23.9 Å². The van der Waals surface area contributed by atoms with Crippen LogP contribution in [-0.2, 0) is 52.3 Å². The standard InChI is InChI=1S/C50H78O12/c1-26(2)34-16-21-50(45(54)55)23-22-48(12)35(39(34)50)14-15-37-46(10)19-18-38(47(11,25-57-31(7)51)36(46)17-20-49(37,48)13)61-43-41(28(4)27(3)24-56-43)62-44-42(60-33(9)53)40(59-32(8)52)29(5)30(6)58-44/h27-30,34-44H,1,14-25H2,2-13H3,(H,54,55)/t27-,28-,29-,30-,34-,35?,36?,37?,38-,39?,40+,41+,42+,43-,44-,46-,47-,48+,49+,50-/m0/s1. The van der Waals surface area contributed by atoms with E-state index in [1.807, 2.05) is 13.8 Å². The summed E-state index contributed by atoms with van der Waals surface area (Å²) in [6, 6.07) is 0. The van der Waals surface area contributed by atoms with Gasteiger partial charge in [0.1, 0.15) is 12.2 Å². The van der Waals surface area contributed by atoms with Gasteiger partial charge in [0.05, 0.1) is 30.8 Å². The number of hydrogen-bond donors (Lipinski definition) is 1. The van der Waals surface area contributed by atoms with Crippen LogP contribution in [0.4, 0.5) is 0 Å². The summed E-state index contributed by atoms with van der Waals surface area (Å²) in [5.74, 6) is -0.929. The first kappa shape index (κ1) is 47.4. The number of carboxylic acid groups (broad SMARTS) is 1. The van der Waals surface area contributed by atoms with Crippen molar-refractivity contribution in [3.05, 3.63) is 12.2 Å². The molecule has 350 valence electrons. The van der Waals surface area contributed by atoms with E-state index in [0.717, 1.165) is 69.8 Å². The van der Waals surface area contributed by atoms with Crippen LogP contribution in [0.3, 0.4) is 0 Å². The number of hydrogen-bond acceptors (Lipinski definition) is 11. The molecule has 5 aliphatic carbocycles. The van der Waals surface area contributed by atoms with Gasteiger partial charge in [-0.05, 0) is 136 Å². The molecule has 2 aliphatic heterocycles. The minimum atomic E-state index is -1.05. The van der Waals surface area contributed by atoms with Crippen LogP contribution < -0.4 is 0 Å². The molecule has 1 N–H and O–H groups in total. The van der Waals surface area contributed by atoms with Crippen LogP contribution in [0.5, 0.6) is 0 Å². The number of esters is 3. The first-order valence-corrected chi connectivity index (χ1v) is 23.9. The maximum absolute atomic E-state index is 13.2. The third-order valence-electron chi connectivity index (χ3n) is 19.4. The molecule has 4 unspecified atom stereocenters. The Morgan fingerprint density at radius 1 is 0.694 bits per heavy atom. The molecule has 20 atom stereocenters. The third kappa shape index (κ3) is 7.58. The smallest absolute Gasteiger partial charge is 0.309 e. The van der Waals surface area contributed by atoms with E-state index in [4.69, 9.17) is 33.2 Å². The SMILES string of the molecule is C=C(C)[C@@H]1CC[C@]2(C(=O)O)CC[C@]3(C)C(CCC4[C@@]5(C)CC[C@H](O[C@@H]6OC[C@H](C)[C@H](C)[C@H]6O[C@@H]6O[C@@H](C)[C@H](C)[C@@H](OC(C)=O)[C@H]6OC(C)=O)[C@@](C)(COC(C)=O)C5CC[C@]43C)C12. The van der Waals surface area contributed by atoms with Crippen molar-refractivity contribution in [2.45, 2.75) is 190 Å². The number of carbonyl (C=O) groups excluding carboxylic acids is 3. The zero-order chi connectivity index (χ0) is 45.5. The second kappa shape index (κ2) is 17.0. The van der Waals surface area contributed by atoms with Gasteiger partial charge >= 0.3 is 23.9 Å². The molecule has 7 aliphatic rings. The fourth-order valence-electron chi connectivity index (χ4n) is 15.6. The van der Waals surface area contributed by atoms with Crippen molar-refractivity contribution in [2.75, 3.05) is 13.2 Å². The van der Waals surface area contributed by atoms with Crippen LogP contribution in [0.15, 0.2) is 12.2 Å². The van der Waals surface area contributed by atoms with Gasteiger partial charge in [0.2, 0.25) is 0 Å². The van der Waals surface area contributed by atoms with E-state index in [2.05, 4.69) is 55.0 Å². The molecule has 5 saturated carbocycles. The minimum Gasteiger partial charge on any atom is -0.481 e. The number of carboxylic acids is 1. The molecule has 12 heteroatoms. The van der Waals surface area contributed by atoms with Crippen molar-refractivity contribution in [1.29, 1.82) is 0 Å². The average Bonchev–Trinajstić information content (AvgIpc) is 3.60. The Labute approximate surface area is 370 Å². The van der Waals surface area contributed by atoms with Crippen molar-refractivity contribution in [3.63, 3.8) is 0 Å². The van der Waals surface area contributed by atoms with E-state index < -0.39 is 59.6 Å². The quantitative estimate of drug-likeness (QED) is 0.0966. The topological polar surface area (TPSA) is 153 Å². The molecule has 12 nitrogen and oxygen atoms in total. The predicted octanol–water partition coefficient (Wildman–Crippen LogP) is 8.92. The molecule has 62 heavy (non-hydrogen) atoms. The van der Waals surface area contributed by atoms with Crippen LogP contribution >= 0.6 is 0 Å². The summed E-state index contributed by atoms with van der Waals surface area (Å²) in [5, 5.41) is 10.8. The summed E-state index contributed by atoms with van der Waals surface area (Å²) in [4.78, 5) is 50.6. The van der Waals surface area contributed by atoms with Gasteiger partial charge in [0.25, 0.3) is 0 Å². The first-order valence-electron chi connectivity index (χ1n) is 23.9. The number of carbonyl (C=O) groups is 4. The molecular weight excluding hydrogens is 793 g/mol. The van der Waals surface area contributed by atoms with Gasteiger partial charge in [-0.3, -0.25) is 19.2 Å². The summed E-state index contributed by atoms with van der Waals surface area (Å²) in [5.41, 5.74) is -0.206. The predicted molar refractivity (Wildman–Crippen MR) is 230 cm³/mol. The monoisotopic (exact) mass is 871 g/mol. The number of fused-ring (bicyclic) bond motifs is 7. The fraction of sp³-hybridized carbons (Fsp3) is 0.880. The van der Waals surface area contributed by atoms with Crippen LogP contribution in [0.1, 0.15) is 147 Å². The molecule has 0 amide bonds. The van der Waals surface area contributed by atoms with Crippen molar-refractivity contribution in [2.24, 2.45) is 74.4 Å². The molecule has 0 aromatic carbocycles. The molecule has 0 aromatic heterocycles. The Morgan fingerprint density at radius 2 is 1.37 bits per heavy atom. The highest BCUT2D eigenvalue weighted by Crippen LogP contribution is 2.77. The Balaban J connectivity index is 1.18. The van der Waals surface area contributed by atoms with Gasteiger partial charge in [0, 0.05) is 32.1 Å². The van der Waals surface area contributed by atoms with E-state index in [0.29, 0.717) is 18.4 Å². The molecule has 7 fully saturated rings. The van der Waals surface area contributed by atoms with E-state index >= 15 is 0 Å². The largest absolute Gasteiger partial charge is 0.481 e. The summed E-state index contributed by atoms with van der Waals surface area (Å²) >= 11 is 0.